The highest BCUT2D eigenvalue weighted by molar-refractivity contribution is 7.91. The molecule has 122 valence electrons. The molecule has 0 unspecified atom stereocenters. The van der Waals surface area contributed by atoms with Crippen molar-refractivity contribution in [1.82, 2.24) is 0 Å². The van der Waals surface area contributed by atoms with Gasteiger partial charge in [-0.05, 0) is 36.4 Å². The summed E-state index contributed by atoms with van der Waals surface area (Å²) in [6, 6.07) is 11.3. The average molecular weight is 337 g/mol. The zero-order valence-electron chi connectivity index (χ0n) is 12.5. The summed E-state index contributed by atoms with van der Waals surface area (Å²) in [5.41, 5.74) is 0.452. The summed E-state index contributed by atoms with van der Waals surface area (Å²) in [6.07, 6.45) is 0. The van der Waals surface area contributed by atoms with Crippen LogP contribution in [0.4, 0.5) is 10.1 Å². The van der Waals surface area contributed by atoms with Gasteiger partial charge in [-0.25, -0.2) is 12.8 Å². The molecule has 2 aromatic carbocycles. The summed E-state index contributed by atoms with van der Waals surface area (Å²) in [7, 11) is -3.27. The van der Waals surface area contributed by atoms with Crippen LogP contribution < -0.4 is 10.1 Å². The first-order chi connectivity index (χ1) is 10.9. The second kappa shape index (κ2) is 7.23. The first-order valence-electron chi connectivity index (χ1n) is 6.92. The molecule has 0 radical (unpaired) electrons. The third-order valence-corrected chi connectivity index (χ3v) is 4.79. The van der Waals surface area contributed by atoms with Crippen molar-refractivity contribution in [2.45, 2.75) is 11.8 Å². The van der Waals surface area contributed by atoms with E-state index in [0.29, 0.717) is 5.69 Å². The highest BCUT2D eigenvalue weighted by Crippen LogP contribution is 2.16. The number of rotatable bonds is 6. The Labute approximate surface area is 134 Å². The van der Waals surface area contributed by atoms with E-state index in [1.807, 2.05) is 0 Å². The zero-order valence-corrected chi connectivity index (χ0v) is 13.3. The molecule has 2 aromatic rings. The van der Waals surface area contributed by atoms with E-state index >= 15 is 0 Å². The molecular formula is C16H16FNO4S. The SMILES string of the molecule is CCS(=O)(=O)c1ccc(NC(=O)COc2cccc(F)c2)cc1. The van der Waals surface area contributed by atoms with Gasteiger partial charge in [0.25, 0.3) is 5.91 Å². The molecule has 1 amide bonds. The molecule has 7 heteroatoms. The second-order valence-corrected chi connectivity index (χ2v) is 7.00. The van der Waals surface area contributed by atoms with Crippen LogP contribution in [0, 0.1) is 5.82 Å². The predicted octanol–water partition coefficient (Wildman–Crippen LogP) is 2.64. The highest BCUT2D eigenvalue weighted by Gasteiger charge is 2.11. The minimum atomic E-state index is -3.27. The average Bonchev–Trinajstić information content (AvgIpc) is 2.53. The Morgan fingerprint density at radius 2 is 1.87 bits per heavy atom. The van der Waals surface area contributed by atoms with E-state index in [-0.39, 0.29) is 23.0 Å². The third kappa shape index (κ3) is 4.79. The van der Waals surface area contributed by atoms with E-state index in [1.165, 1.54) is 42.5 Å². The van der Waals surface area contributed by atoms with Gasteiger partial charge >= 0.3 is 0 Å². The van der Waals surface area contributed by atoms with Gasteiger partial charge in [0.2, 0.25) is 0 Å². The van der Waals surface area contributed by atoms with Crippen molar-refractivity contribution in [2.24, 2.45) is 0 Å². The Hall–Kier alpha value is -2.41. The number of nitrogens with one attached hydrogen (secondary N) is 1. The van der Waals surface area contributed by atoms with Gasteiger partial charge in [0, 0.05) is 11.8 Å². The first kappa shape index (κ1) is 17.0. The van der Waals surface area contributed by atoms with Crippen molar-refractivity contribution < 1.29 is 22.3 Å². The molecule has 2 rings (SSSR count). The quantitative estimate of drug-likeness (QED) is 0.879. The van der Waals surface area contributed by atoms with Crippen LogP contribution in [0.1, 0.15) is 6.92 Å². The molecule has 0 aromatic heterocycles. The van der Waals surface area contributed by atoms with E-state index in [4.69, 9.17) is 4.74 Å². The molecule has 23 heavy (non-hydrogen) atoms. The monoisotopic (exact) mass is 337 g/mol. The molecule has 1 N–H and O–H groups in total. The molecule has 0 bridgehead atoms. The topological polar surface area (TPSA) is 72.5 Å². The summed E-state index contributed by atoms with van der Waals surface area (Å²) in [4.78, 5) is 12.0. The lowest BCUT2D eigenvalue weighted by molar-refractivity contribution is -0.118. The van der Waals surface area contributed by atoms with Gasteiger partial charge in [0.1, 0.15) is 11.6 Å². The Balaban J connectivity index is 1.93. The fourth-order valence-electron chi connectivity index (χ4n) is 1.82. The Bertz CT molecular complexity index is 788. The van der Waals surface area contributed by atoms with Gasteiger partial charge < -0.3 is 10.1 Å². The van der Waals surface area contributed by atoms with Crippen LogP contribution in [0.5, 0.6) is 5.75 Å². The minimum absolute atomic E-state index is 0.0141. The Morgan fingerprint density at radius 3 is 2.48 bits per heavy atom. The number of hydrogen-bond acceptors (Lipinski definition) is 4. The van der Waals surface area contributed by atoms with E-state index in [0.717, 1.165) is 0 Å². The van der Waals surface area contributed by atoms with Crippen molar-refractivity contribution in [3.8, 4) is 5.75 Å². The smallest absolute Gasteiger partial charge is 0.262 e. The predicted molar refractivity (Wildman–Crippen MR) is 84.7 cm³/mol. The number of carbonyl (C=O) groups excluding carboxylic acids is 1. The molecule has 0 fully saturated rings. The first-order valence-corrected chi connectivity index (χ1v) is 8.57. The summed E-state index contributed by atoms with van der Waals surface area (Å²) in [5.74, 6) is -0.610. The number of anilines is 1. The molecule has 0 spiro atoms. The van der Waals surface area contributed by atoms with Gasteiger partial charge in [-0.2, -0.15) is 0 Å². The number of amides is 1. The van der Waals surface area contributed by atoms with Crippen molar-refractivity contribution >= 4 is 21.4 Å². The van der Waals surface area contributed by atoms with E-state index in [2.05, 4.69) is 5.32 Å². The molecule has 0 aliphatic rings. The fraction of sp³-hybridized carbons (Fsp3) is 0.188. The normalized spacial score (nSPS) is 11.0. The van der Waals surface area contributed by atoms with Gasteiger partial charge in [-0.15, -0.1) is 0 Å². The maximum atomic E-state index is 13.0. The van der Waals surface area contributed by atoms with Crippen molar-refractivity contribution in [2.75, 3.05) is 17.7 Å². The molecule has 0 aliphatic carbocycles. The maximum Gasteiger partial charge on any atom is 0.262 e. The van der Waals surface area contributed by atoms with E-state index in [9.17, 15) is 17.6 Å². The lowest BCUT2D eigenvalue weighted by Gasteiger charge is -2.08. The van der Waals surface area contributed by atoms with Crippen LogP contribution in [-0.4, -0.2) is 26.7 Å². The van der Waals surface area contributed by atoms with Gasteiger partial charge in [0.15, 0.2) is 16.4 Å². The van der Waals surface area contributed by atoms with Crippen molar-refractivity contribution in [1.29, 1.82) is 0 Å². The van der Waals surface area contributed by atoms with Gasteiger partial charge in [-0.3, -0.25) is 4.79 Å². The van der Waals surface area contributed by atoms with Crippen molar-refractivity contribution in [3.05, 3.63) is 54.3 Å². The maximum absolute atomic E-state index is 13.0. The molecule has 0 saturated carbocycles. The van der Waals surface area contributed by atoms with Crippen LogP contribution >= 0.6 is 0 Å². The standard InChI is InChI=1S/C16H16FNO4S/c1-2-23(20,21)15-8-6-13(7-9-15)18-16(19)11-22-14-5-3-4-12(17)10-14/h3-10H,2,11H2,1H3,(H,18,19). The number of sulfone groups is 1. The van der Waals surface area contributed by atoms with Crippen LogP contribution in [0.15, 0.2) is 53.4 Å². The molecule has 0 heterocycles. The van der Waals surface area contributed by atoms with Crippen LogP contribution in [0.3, 0.4) is 0 Å². The van der Waals surface area contributed by atoms with Gasteiger partial charge in [0.05, 0.1) is 10.6 Å². The van der Waals surface area contributed by atoms with E-state index < -0.39 is 21.6 Å². The lowest BCUT2D eigenvalue weighted by Crippen LogP contribution is -2.20. The van der Waals surface area contributed by atoms with Gasteiger partial charge in [-0.1, -0.05) is 13.0 Å². The lowest BCUT2D eigenvalue weighted by atomic mass is 10.3. The zero-order chi connectivity index (χ0) is 16.9. The number of hydrogen-bond donors (Lipinski definition) is 1. The van der Waals surface area contributed by atoms with Crippen molar-refractivity contribution in [3.63, 3.8) is 0 Å². The summed E-state index contributed by atoms with van der Waals surface area (Å²) < 4.78 is 41.5. The number of ether oxygens (including phenoxy) is 1. The van der Waals surface area contributed by atoms with Crippen LogP contribution in [0.25, 0.3) is 0 Å². The Kier molecular flexibility index (Phi) is 5.33. The second-order valence-electron chi connectivity index (χ2n) is 4.72. The number of halogens is 1. The van der Waals surface area contributed by atoms with Crippen LogP contribution in [-0.2, 0) is 14.6 Å². The van der Waals surface area contributed by atoms with E-state index in [1.54, 1.807) is 13.0 Å². The largest absolute Gasteiger partial charge is 0.484 e. The van der Waals surface area contributed by atoms with Crippen LogP contribution in [0.2, 0.25) is 0 Å². The molecule has 0 saturated heterocycles. The molecule has 0 atom stereocenters. The molecule has 5 nitrogen and oxygen atoms in total. The fourth-order valence-corrected chi connectivity index (χ4v) is 2.70. The summed E-state index contributed by atoms with van der Waals surface area (Å²) in [5, 5.41) is 2.57. The number of benzene rings is 2. The Morgan fingerprint density at radius 1 is 1.17 bits per heavy atom. The minimum Gasteiger partial charge on any atom is -0.484 e. The summed E-state index contributed by atoms with van der Waals surface area (Å²) >= 11 is 0. The third-order valence-electron chi connectivity index (χ3n) is 3.04. The highest BCUT2D eigenvalue weighted by atomic mass is 32.2. The molecular weight excluding hydrogens is 321 g/mol. The number of carbonyl (C=O) groups is 1. The molecule has 0 aliphatic heterocycles. The summed E-state index contributed by atoms with van der Waals surface area (Å²) in [6.45, 7) is 1.28.